The van der Waals surface area contributed by atoms with E-state index in [4.69, 9.17) is 0 Å². The predicted octanol–water partition coefficient (Wildman–Crippen LogP) is 3.70. The van der Waals surface area contributed by atoms with E-state index in [1.54, 1.807) is 6.07 Å². The Morgan fingerprint density at radius 1 is 1.17 bits per heavy atom. The van der Waals surface area contributed by atoms with Crippen LogP contribution in [0.1, 0.15) is 6.42 Å². The number of benzene rings is 2. The molecule has 1 heterocycles. The molecule has 2 aromatic rings. The third-order valence-electron chi connectivity index (χ3n) is 3.28. The fourth-order valence-corrected chi connectivity index (χ4v) is 3.52. The summed E-state index contributed by atoms with van der Waals surface area (Å²) in [6.07, 6.45) is 0.0889. The number of amides is 2. The van der Waals surface area contributed by atoms with Gasteiger partial charge in [-0.05, 0) is 40.2 Å². The van der Waals surface area contributed by atoms with Gasteiger partial charge in [0, 0.05) is 10.9 Å². The smallest absolute Gasteiger partial charge is 0.240 e. The molecule has 7 heteroatoms. The monoisotopic (exact) mass is 403 g/mol. The molecule has 3 rings (SSSR count). The molecule has 0 spiro atoms. The number of para-hydroxylation sites is 2. The van der Waals surface area contributed by atoms with E-state index in [1.807, 2.05) is 48.5 Å². The van der Waals surface area contributed by atoms with E-state index in [0.29, 0.717) is 10.9 Å². The number of nitrogens with one attached hydrogen (secondary N) is 2. The van der Waals surface area contributed by atoms with Crippen molar-refractivity contribution in [3.63, 3.8) is 0 Å². The lowest BCUT2D eigenvalue weighted by Gasteiger charge is -2.08. The van der Waals surface area contributed by atoms with Crippen LogP contribution in [0.15, 0.2) is 64.1 Å². The maximum Gasteiger partial charge on any atom is 0.240 e. The number of carbonyl (C=O) groups excluding carboxylic acids is 2. The number of carbonyl (C=O) groups is 2. The Morgan fingerprint density at radius 2 is 1.88 bits per heavy atom. The first-order valence-electron chi connectivity index (χ1n) is 7.27. The van der Waals surface area contributed by atoms with Crippen molar-refractivity contribution in [3.8, 4) is 0 Å². The summed E-state index contributed by atoms with van der Waals surface area (Å²) in [6, 6.07) is 16.7. The molecule has 2 N–H and O–H groups in total. The largest absolute Gasteiger partial charge is 0.325 e. The first-order valence-corrected chi connectivity index (χ1v) is 8.95. The Labute approximate surface area is 152 Å². The van der Waals surface area contributed by atoms with Crippen LogP contribution in [0.4, 0.5) is 11.4 Å². The third-order valence-corrected chi connectivity index (χ3v) is 5.06. The normalized spacial score (nSPS) is 18.5. The minimum Gasteiger partial charge on any atom is -0.325 e. The summed E-state index contributed by atoms with van der Waals surface area (Å²) in [7, 11) is 0. The van der Waals surface area contributed by atoms with Crippen LogP contribution >= 0.6 is 27.7 Å². The minimum atomic E-state index is -0.477. The van der Waals surface area contributed by atoms with Gasteiger partial charge in [-0.3, -0.25) is 9.59 Å². The van der Waals surface area contributed by atoms with Gasteiger partial charge in [-0.15, -0.1) is 0 Å². The Hall–Kier alpha value is -2.12. The Kier molecular flexibility index (Phi) is 5.32. The van der Waals surface area contributed by atoms with Gasteiger partial charge in [0.2, 0.25) is 11.8 Å². The fraction of sp³-hybridized carbons (Fsp3) is 0.118. The highest BCUT2D eigenvalue weighted by molar-refractivity contribution is 9.10. The number of halogens is 1. The second-order valence-electron chi connectivity index (χ2n) is 5.08. The van der Waals surface area contributed by atoms with Crippen molar-refractivity contribution in [2.75, 3.05) is 5.32 Å². The quantitative estimate of drug-likeness (QED) is 0.817. The van der Waals surface area contributed by atoms with Crippen molar-refractivity contribution in [1.29, 1.82) is 0 Å². The van der Waals surface area contributed by atoms with Crippen LogP contribution in [0, 0.1) is 0 Å². The van der Waals surface area contributed by atoms with Crippen LogP contribution in [-0.2, 0) is 9.59 Å². The van der Waals surface area contributed by atoms with Crippen molar-refractivity contribution in [1.82, 2.24) is 5.32 Å². The molecule has 2 aromatic carbocycles. The van der Waals surface area contributed by atoms with Gasteiger partial charge in [-0.25, -0.2) is 4.99 Å². The summed E-state index contributed by atoms with van der Waals surface area (Å²) in [5, 5.41) is 5.56. The molecule has 1 unspecified atom stereocenters. The zero-order chi connectivity index (χ0) is 16.9. The second kappa shape index (κ2) is 7.63. The minimum absolute atomic E-state index is 0.0889. The van der Waals surface area contributed by atoms with Crippen molar-refractivity contribution in [2.24, 2.45) is 4.99 Å². The number of amidine groups is 1. The maximum absolute atomic E-state index is 12.2. The van der Waals surface area contributed by atoms with Gasteiger partial charge in [0.25, 0.3) is 0 Å². The Bertz CT molecular complexity index is 795. The topological polar surface area (TPSA) is 70.6 Å². The molecular weight excluding hydrogens is 390 g/mol. The Morgan fingerprint density at radius 3 is 2.62 bits per heavy atom. The van der Waals surface area contributed by atoms with E-state index in [9.17, 15) is 9.59 Å². The second-order valence-corrected chi connectivity index (χ2v) is 7.13. The van der Waals surface area contributed by atoms with Crippen molar-refractivity contribution >= 4 is 56.0 Å². The van der Waals surface area contributed by atoms with E-state index >= 15 is 0 Å². The lowest BCUT2D eigenvalue weighted by Crippen LogP contribution is -2.28. The van der Waals surface area contributed by atoms with Crippen LogP contribution in [0.5, 0.6) is 0 Å². The zero-order valence-corrected chi connectivity index (χ0v) is 14.9. The van der Waals surface area contributed by atoms with Crippen LogP contribution in [0.3, 0.4) is 0 Å². The summed E-state index contributed by atoms with van der Waals surface area (Å²) in [5.41, 5.74) is 1.45. The molecule has 0 aromatic heterocycles. The molecule has 0 aliphatic carbocycles. The van der Waals surface area contributed by atoms with Gasteiger partial charge < -0.3 is 10.6 Å². The Balaban J connectivity index is 1.62. The van der Waals surface area contributed by atoms with E-state index < -0.39 is 5.25 Å². The SMILES string of the molecule is O=C(CC1SC(=Nc2ccccc2)NC1=O)Nc1ccccc1Br. The van der Waals surface area contributed by atoms with Gasteiger partial charge in [0.05, 0.1) is 11.4 Å². The highest BCUT2D eigenvalue weighted by atomic mass is 79.9. The highest BCUT2D eigenvalue weighted by Gasteiger charge is 2.32. The molecule has 24 heavy (non-hydrogen) atoms. The molecule has 1 saturated heterocycles. The fourth-order valence-electron chi connectivity index (χ4n) is 2.14. The number of rotatable bonds is 4. The molecule has 0 radical (unpaired) electrons. The molecule has 0 saturated carbocycles. The molecule has 5 nitrogen and oxygen atoms in total. The molecule has 1 aliphatic heterocycles. The number of aliphatic imine (C=N–C) groups is 1. The summed E-state index contributed by atoms with van der Waals surface area (Å²) >= 11 is 4.65. The highest BCUT2D eigenvalue weighted by Crippen LogP contribution is 2.26. The molecule has 1 atom stereocenters. The van der Waals surface area contributed by atoms with Crippen LogP contribution in [-0.4, -0.2) is 22.2 Å². The van der Waals surface area contributed by atoms with Crippen LogP contribution in [0.2, 0.25) is 0 Å². The first kappa shape index (κ1) is 16.7. The lowest BCUT2D eigenvalue weighted by atomic mass is 10.2. The summed E-state index contributed by atoms with van der Waals surface area (Å²) in [5.74, 6) is -0.410. The lowest BCUT2D eigenvalue weighted by molar-refractivity contribution is -0.122. The van der Waals surface area contributed by atoms with Gasteiger partial charge in [0.1, 0.15) is 5.25 Å². The van der Waals surface area contributed by atoms with Gasteiger partial charge in [-0.1, -0.05) is 42.1 Å². The van der Waals surface area contributed by atoms with Crippen LogP contribution < -0.4 is 10.6 Å². The predicted molar refractivity (Wildman–Crippen MR) is 100 cm³/mol. The number of anilines is 1. The average molecular weight is 404 g/mol. The van der Waals surface area contributed by atoms with Gasteiger partial charge in [-0.2, -0.15) is 0 Å². The van der Waals surface area contributed by atoms with Crippen molar-refractivity contribution in [2.45, 2.75) is 11.7 Å². The molecule has 122 valence electrons. The summed E-state index contributed by atoms with van der Waals surface area (Å²) < 4.78 is 0.799. The third kappa shape index (κ3) is 4.24. The number of hydrogen-bond acceptors (Lipinski definition) is 4. The molecule has 1 aliphatic rings. The first-order chi connectivity index (χ1) is 11.6. The van der Waals surface area contributed by atoms with Gasteiger partial charge >= 0.3 is 0 Å². The number of nitrogens with zero attached hydrogens (tertiary/aromatic N) is 1. The molecule has 2 amide bonds. The van der Waals surface area contributed by atoms with E-state index in [1.165, 1.54) is 11.8 Å². The average Bonchev–Trinajstić information content (AvgIpc) is 2.90. The zero-order valence-electron chi connectivity index (χ0n) is 12.5. The van der Waals surface area contributed by atoms with E-state index in [-0.39, 0.29) is 18.2 Å². The molecular formula is C17H14BrN3O2S. The standard InChI is InChI=1S/C17H14BrN3O2S/c18-12-8-4-5-9-13(12)20-15(22)10-14-16(23)21-17(24-14)19-11-6-2-1-3-7-11/h1-9,14H,10H2,(H,20,22)(H,19,21,23). The summed E-state index contributed by atoms with van der Waals surface area (Å²) in [6.45, 7) is 0. The number of thioether (sulfide) groups is 1. The van der Waals surface area contributed by atoms with Gasteiger partial charge in [0.15, 0.2) is 5.17 Å². The van der Waals surface area contributed by atoms with Crippen molar-refractivity contribution < 1.29 is 9.59 Å². The number of hydrogen-bond donors (Lipinski definition) is 2. The van der Waals surface area contributed by atoms with E-state index in [2.05, 4.69) is 31.6 Å². The van der Waals surface area contributed by atoms with Crippen LogP contribution in [0.25, 0.3) is 0 Å². The maximum atomic E-state index is 12.2. The molecule has 1 fully saturated rings. The molecule has 0 bridgehead atoms. The van der Waals surface area contributed by atoms with Crippen molar-refractivity contribution in [3.05, 3.63) is 59.1 Å². The van der Waals surface area contributed by atoms with E-state index in [0.717, 1.165) is 10.2 Å². The summed E-state index contributed by atoms with van der Waals surface area (Å²) in [4.78, 5) is 28.6.